The van der Waals surface area contributed by atoms with Gasteiger partial charge in [-0.15, -0.1) is 11.3 Å². The van der Waals surface area contributed by atoms with E-state index in [1.165, 1.54) is 0 Å². The summed E-state index contributed by atoms with van der Waals surface area (Å²) in [6.07, 6.45) is 3.50. The predicted octanol–water partition coefficient (Wildman–Crippen LogP) is 4.37. The van der Waals surface area contributed by atoms with Crippen LogP contribution in [0.2, 0.25) is 0 Å². The van der Waals surface area contributed by atoms with Crippen LogP contribution < -0.4 is 10.1 Å². The molecule has 0 fully saturated rings. The van der Waals surface area contributed by atoms with Crippen molar-refractivity contribution >= 4 is 28.0 Å². The zero-order valence-electron chi connectivity index (χ0n) is 16.3. The van der Waals surface area contributed by atoms with E-state index in [2.05, 4.69) is 20.4 Å². The van der Waals surface area contributed by atoms with E-state index in [0.717, 1.165) is 32.1 Å². The minimum absolute atomic E-state index is 0.168. The van der Waals surface area contributed by atoms with Crippen molar-refractivity contribution in [1.82, 2.24) is 20.4 Å². The maximum absolute atomic E-state index is 12.5. The molecule has 0 saturated carbocycles. The Bertz CT molecular complexity index is 1160. The molecule has 0 unspecified atom stereocenters. The molecule has 1 atom stereocenters. The lowest BCUT2D eigenvalue weighted by atomic mass is 10.1. The number of amides is 1. The second-order valence-electron chi connectivity index (χ2n) is 6.69. The van der Waals surface area contributed by atoms with Gasteiger partial charge in [-0.3, -0.25) is 9.78 Å². The molecule has 7 nitrogen and oxygen atoms in total. The van der Waals surface area contributed by atoms with Crippen molar-refractivity contribution in [2.45, 2.75) is 33.4 Å². The highest BCUT2D eigenvalue weighted by Crippen LogP contribution is 2.26. The normalized spacial score (nSPS) is 12.1. The summed E-state index contributed by atoms with van der Waals surface area (Å²) in [6.45, 7) is 6.02. The lowest BCUT2D eigenvalue weighted by Crippen LogP contribution is -2.27. The summed E-state index contributed by atoms with van der Waals surface area (Å²) >= 11 is 1.61. The zero-order valence-corrected chi connectivity index (χ0v) is 17.1. The fourth-order valence-electron chi connectivity index (χ4n) is 3.14. The first-order chi connectivity index (χ1) is 14.0. The van der Waals surface area contributed by atoms with Gasteiger partial charge in [0.05, 0.1) is 16.7 Å². The van der Waals surface area contributed by atoms with Crippen molar-refractivity contribution in [3.05, 3.63) is 69.8 Å². The van der Waals surface area contributed by atoms with Crippen LogP contribution in [0.25, 0.3) is 10.8 Å². The van der Waals surface area contributed by atoms with Gasteiger partial charge in [-0.1, -0.05) is 17.3 Å². The number of aryl methyl sites for hydroxylation is 2. The van der Waals surface area contributed by atoms with Crippen molar-refractivity contribution in [2.75, 3.05) is 0 Å². The second-order valence-corrected chi connectivity index (χ2v) is 8.10. The number of nitrogens with zero attached hydrogens (tertiary/aromatic N) is 3. The molecule has 3 heterocycles. The number of benzene rings is 1. The Morgan fingerprint density at radius 1 is 1.31 bits per heavy atom. The fraction of sp³-hybridized carbons (Fsp3) is 0.238. The first kappa shape index (κ1) is 19.1. The molecule has 0 radical (unpaired) electrons. The van der Waals surface area contributed by atoms with Gasteiger partial charge in [0.2, 0.25) is 0 Å². The molecule has 4 aromatic rings. The Labute approximate surface area is 171 Å². The lowest BCUT2D eigenvalue weighted by Gasteiger charge is -2.11. The number of carbonyl (C=O) groups excluding carboxylic acids is 1. The molecule has 0 bridgehead atoms. The van der Waals surface area contributed by atoms with Crippen molar-refractivity contribution in [2.24, 2.45) is 0 Å². The number of hydrogen-bond acceptors (Lipinski definition) is 7. The number of carbonyl (C=O) groups is 1. The first-order valence-corrected chi connectivity index (χ1v) is 9.99. The van der Waals surface area contributed by atoms with Crippen LogP contribution in [0.4, 0.5) is 0 Å². The van der Waals surface area contributed by atoms with Crippen LogP contribution >= 0.6 is 11.3 Å². The van der Waals surface area contributed by atoms with Crippen molar-refractivity contribution in [3.8, 4) is 5.75 Å². The number of ether oxygens (including phenoxy) is 1. The predicted molar refractivity (Wildman–Crippen MR) is 110 cm³/mol. The summed E-state index contributed by atoms with van der Waals surface area (Å²) in [7, 11) is 0. The maximum atomic E-state index is 12.5. The Hall–Kier alpha value is -3.26. The average molecular weight is 408 g/mol. The van der Waals surface area contributed by atoms with Crippen molar-refractivity contribution in [3.63, 3.8) is 0 Å². The van der Waals surface area contributed by atoms with Crippen molar-refractivity contribution in [1.29, 1.82) is 0 Å². The molecule has 1 aromatic carbocycles. The summed E-state index contributed by atoms with van der Waals surface area (Å²) in [5, 5.41) is 9.71. The molecule has 1 N–H and O–H groups in total. The summed E-state index contributed by atoms with van der Waals surface area (Å²) < 4.78 is 11.1. The fourth-order valence-corrected chi connectivity index (χ4v) is 4.06. The maximum Gasteiger partial charge on any atom is 0.274 e. The topological polar surface area (TPSA) is 90.1 Å². The zero-order chi connectivity index (χ0) is 20.4. The summed E-state index contributed by atoms with van der Waals surface area (Å²) in [5.74, 6) is 0.874. The summed E-state index contributed by atoms with van der Waals surface area (Å²) in [4.78, 5) is 22.2. The third-order valence-electron chi connectivity index (χ3n) is 4.50. The molecule has 4 rings (SSSR count). The number of hydrogen-bond donors (Lipinski definition) is 1. The molecule has 29 heavy (non-hydrogen) atoms. The standard InChI is InChI=1S/C21H20N4O3S/c1-12(20-13(2)29-14(3)24-20)23-21(26)18-9-16(28-25-18)11-27-19-6-4-5-15-10-22-8-7-17(15)19/h4-10,12H,11H2,1-3H3,(H,23,26)/t12-/m0/s1. The Morgan fingerprint density at radius 2 is 2.17 bits per heavy atom. The van der Waals surface area contributed by atoms with E-state index >= 15 is 0 Å². The van der Waals surface area contributed by atoms with Crippen LogP contribution in [0.1, 0.15) is 44.8 Å². The number of pyridine rings is 1. The third-order valence-corrected chi connectivity index (χ3v) is 5.40. The van der Waals surface area contributed by atoms with E-state index in [0.29, 0.717) is 5.76 Å². The molecule has 0 saturated heterocycles. The van der Waals surface area contributed by atoms with Gasteiger partial charge in [-0.25, -0.2) is 4.98 Å². The third kappa shape index (κ3) is 4.12. The van der Waals surface area contributed by atoms with Gasteiger partial charge in [0.15, 0.2) is 11.5 Å². The van der Waals surface area contributed by atoms with E-state index in [1.807, 2.05) is 45.0 Å². The van der Waals surface area contributed by atoms with E-state index in [4.69, 9.17) is 9.26 Å². The van der Waals surface area contributed by atoms with Crippen LogP contribution in [-0.2, 0) is 6.61 Å². The minimum Gasteiger partial charge on any atom is -0.485 e. The molecule has 0 spiro atoms. The van der Waals surface area contributed by atoms with Gasteiger partial charge < -0.3 is 14.6 Å². The second kappa shape index (κ2) is 8.00. The smallest absolute Gasteiger partial charge is 0.274 e. The molecule has 8 heteroatoms. The minimum atomic E-state index is -0.311. The van der Waals surface area contributed by atoms with Gasteiger partial charge in [0, 0.05) is 34.1 Å². The van der Waals surface area contributed by atoms with Crippen LogP contribution in [0.5, 0.6) is 5.75 Å². The van der Waals surface area contributed by atoms with Crippen molar-refractivity contribution < 1.29 is 14.1 Å². The van der Waals surface area contributed by atoms with Crippen LogP contribution in [0.15, 0.2) is 47.2 Å². The first-order valence-electron chi connectivity index (χ1n) is 9.17. The molecule has 0 aliphatic carbocycles. The number of thiazole rings is 1. The molecular weight excluding hydrogens is 388 g/mol. The Balaban J connectivity index is 1.41. The molecule has 1 amide bonds. The highest BCUT2D eigenvalue weighted by Gasteiger charge is 2.19. The van der Waals surface area contributed by atoms with Gasteiger partial charge in [-0.05, 0) is 32.9 Å². The molecule has 3 aromatic heterocycles. The monoisotopic (exact) mass is 408 g/mol. The highest BCUT2D eigenvalue weighted by molar-refractivity contribution is 7.11. The molecular formula is C21H20N4O3S. The average Bonchev–Trinajstić information content (AvgIpc) is 3.32. The van der Waals surface area contributed by atoms with E-state index in [1.54, 1.807) is 29.8 Å². The summed E-state index contributed by atoms with van der Waals surface area (Å²) in [6, 6.07) is 9.03. The van der Waals surface area contributed by atoms with Gasteiger partial charge >= 0.3 is 0 Å². The van der Waals surface area contributed by atoms with Crippen LogP contribution in [-0.4, -0.2) is 21.0 Å². The SMILES string of the molecule is Cc1nc([C@H](C)NC(=O)c2cc(COc3cccc4cnccc34)on2)c(C)s1. The van der Waals surface area contributed by atoms with Gasteiger partial charge in [0.25, 0.3) is 5.91 Å². The van der Waals surface area contributed by atoms with Gasteiger partial charge in [0.1, 0.15) is 12.4 Å². The largest absolute Gasteiger partial charge is 0.485 e. The molecule has 148 valence electrons. The van der Waals surface area contributed by atoms with E-state index < -0.39 is 0 Å². The van der Waals surface area contributed by atoms with E-state index in [-0.39, 0.29) is 24.2 Å². The highest BCUT2D eigenvalue weighted by atomic mass is 32.1. The van der Waals surface area contributed by atoms with E-state index in [9.17, 15) is 4.79 Å². The Morgan fingerprint density at radius 3 is 2.97 bits per heavy atom. The molecule has 0 aliphatic rings. The van der Waals surface area contributed by atoms with Crippen LogP contribution in [0, 0.1) is 13.8 Å². The number of fused-ring (bicyclic) bond motifs is 1. The van der Waals surface area contributed by atoms with Crippen LogP contribution in [0.3, 0.4) is 0 Å². The number of nitrogens with one attached hydrogen (secondary N) is 1. The lowest BCUT2D eigenvalue weighted by molar-refractivity contribution is 0.0929. The van der Waals surface area contributed by atoms with Gasteiger partial charge in [-0.2, -0.15) is 0 Å². The quantitative estimate of drug-likeness (QED) is 0.510. The Kier molecular flexibility index (Phi) is 5.26. The summed E-state index contributed by atoms with van der Waals surface area (Å²) in [5.41, 5.74) is 1.08. The molecule has 0 aliphatic heterocycles. The number of aromatic nitrogens is 3. The number of rotatable bonds is 6.